The average Bonchev–Trinajstić information content (AvgIpc) is 3.13. The summed E-state index contributed by atoms with van der Waals surface area (Å²) in [4.78, 5) is 0. The molecule has 0 aliphatic carbocycles. The van der Waals surface area contributed by atoms with Crippen LogP contribution in [0.5, 0.6) is 0 Å². The smallest absolute Gasteiger partial charge is 0.133 e. The summed E-state index contributed by atoms with van der Waals surface area (Å²) in [6.07, 6.45) is 0.878. The van der Waals surface area contributed by atoms with Crippen molar-refractivity contribution in [3.8, 4) is 16.9 Å². The second-order valence-electron chi connectivity index (χ2n) is 6.11. The Kier molecular flexibility index (Phi) is 3.57. The number of nitrogens with zero attached hydrogens (tertiary/aromatic N) is 2. The van der Waals surface area contributed by atoms with Crippen molar-refractivity contribution in [2.45, 2.75) is 20.3 Å². The number of benzene rings is 2. The van der Waals surface area contributed by atoms with Crippen LogP contribution >= 0.6 is 11.6 Å². The molecule has 1 aliphatic heterocycles. The summed E-state index contributed by atoms with van der Waals surface area (Å²) in [6, 6.07) is 10.6. The summed E-state index contributed by atoms with van der Waals surface area (Å²) in [5.74, 6) is 0.659. The highest BCUT2D eigenvalue weighted by Crippen LogP contribution is 2.38. The first-order chi connectivity index (χ1) is 11.6. The molecule has 1 N–H and O–H groups in total. The van der Waals surface area contributed by atoms with Gasteiger partial charge in [-0.15, -0.1) is 0 Å². The summed E-state index contributed by atoms with van der Waals surface area (Å²) in [6.45, 7) is 5.05. The molecule has 4 rings (SSSR count). The lowest BCUT2D eigenvalue weighted by atomic mass is 10.1. The van der Waals surface area contributed by atoms with Crippen LogP contribution in [-0.4, -0.2) is 16.3 Å². The summed E-state index contributed by atoms with van der Waals surface area (Å²) < 4.78 is 15.3. The van der Waals surface area contributed by atoms with Crippen LogP contribution in [0.15, 0.2) is 36.4 Å². The van der Waals surface area contributed by atoms with Gasteiger partial charge in [0.2, 0.25) is 0 Å². The molecule has 1 aromatic heterocycles. The molecule has 0 unspecified atom stereocenters. The molecular weight excluding hydrogens is 325 g/mol. The van der Waals surface area contributed by atoms with E-state index >= 15 is 0 Å². The zero-order chi connectivity index (χ0) is 16.8. The predicted octanol–water partition coefficient (Wildman–Crippen LogP) is 4.92. The Morgan fingerprint density at radius 2 is 2.04 bits per heavy atom. The van der Waals surface area contributed by atoms with Crippen LogP contribution in [0.4, 0.5) is 10.2 Å². The number of aromatic nitrogens is 2. The standard InChI is InChI=1S/C19H17ClFN3/c1-11-4-3-5-17(12(11)2)24-19-15(8-9-22-19)18(23-24)14-7-6-13(21)10-16(14)20/h3-7,10,22H,8-9H2,1-2H3. The van der Waals surface area contributed by atoms with E-state index in [0.29, 0.717) is 5.02 Å². The van der Waals surface area contributed by atoms with E-state index in [-0.39, 0.29) is 5.82 Å². The molecule has 2 aromatic carbocycles. The maximum absolute atomic E-state index is 13.4. The van der Waals surface area contributed by atoms with E-state index in [0.717, 1.165) is 41.3 Å². The molecule has 0 fully saturated rings. The van der Waals surface area contributed by atoms with E-state index in [2.05, 4.69) is 31.3 Å². The van der Waals surface area contributed by atoms with E-state index in [1.54, 1.807) is 6.07 Å². The van der Waals surface area contributed by atoms with Gasteiger partial charge in [-0.05, 0) is 55.7 Å². The number of halogens is 2. The van der Waals surface area contributed by atoms with Crippen LogP contribution in [0.25, 0.3) is 16.9 Å². The minimum Gasteiger partial charge on any atom is -0.369 e. The lowest BCUT2D eigenvalue weighted by Gasteiger charge is -2.11. The van der Waals surface area contributed by atoms with Crippen molar-refractivity contribution in [3.05, 3.63) is 63.9 Å². The molecule has 0 radical (unpaired) electrons. The maximum Gasteiger partial charge on any atom is 0.133 e. The molecule has 0 atom stereocenters. The third-order valence-electron chi connectivity index (χ3n) is 4.64. The fourth-order valence-electron chi connectivity index (χ4n) is 3.21. The van der Waals surface area contributed by atoms with Crippen molar-refractivity contribution in [2.75, 3.05) is 11.9 Å². The second kappa shape index (κ2) is 5.64. The summed E-state index contributed by atoms with van der Waals surface area (Å²) in [5.41, 5.74) is 6.17. The van der Waals surface area contributed by atoms with E-state index in [9.17, 15) is 4.39 Å². The van der Waals surface area contributed by atoms with E-state index < -0.39 is 0 Å². The Morgan fingerprint density at radius 1 is 1.21 bits per heavy atom. The normalized spacial score (nSPS) is 13.0. The van der Waals surface area contributed by atoms with Gasteiger partial charge >= 0.3 is 0 Å². The molecule has 0 amide bonds. The van der Waals surface area contributed by atoms with Gasteiger partial charge < -0.3 is 5.32 Å². The van der Waals surface area contributed by atoms with Crippen molar-refractivity contribution in [3.63, 3.8) is 0 Å². The van der Waals surface area contributed by atoms with E-state index in [1.165, 1.54) is 23.3 Å². The molecular formula is C19H17ClFN3. The van der Waals surface area contributed by atoms with Crippen LogP contribution in [-0.2, 0) is 6.42 Å². The van der Waals surface area contributed by atoms with Crippen molar-refractivity contribution < 1.29 is 4.39 Å². The third-order valence-corrected chi connectivity index (χ3v) is 4.95. The summed E-state index contributed by atoms with van der Waals surface area (Å²) in [5, 5.41) is 8.61. The number of fused-ring (bicyclic) bond motifs is 1. The van der Waals surface area contributed by atoms with Gasteiger partial charge in [0.1, 0.15) is 11.6 Å². The molecule has 1 aliphatic rings. The molecule has 24 heavy (non-hydrogen) atoms. The molecule has 3 aromatic rings. The quantitative estimate of drug-likeness (QED) is 0.717. The van der Waals surface area contributed by atoms with Gasteiger partial charge in [-0.2, -0.15) is 5.10 Å². The molecule has 3 nitrogen and oxygen atoms in total. The monoisotopic (exact) mass is 341 g/mol. The Balaban J connectivity index is 1.94. The lowest BCUT2D eigenvalue weighted by molar-refractivity contribution is 0.628. The predicted molar refractivity (Wildman–Crippen MR) is 95.6 cm³/mol. The Hall–Kier alpha value is -2.33. The van der Waals surface area contributed by atoms with Crippen LogP contribution in [0, 0.1) is 19.7 Å². The maximum atomic E-state index is 13.4. The highest BCUT2D eigenvalue weighted by molar-refractivity contribution is 6.33. The largest absolute Gasteiger partial charge is 0.369 e. The summed E-state index contributed by atoms with van der Waals surface area (Å²) >= 11 is 6.27. The molecule has 122 valence electrons. The molecule has 0 saturated heterocycles. The zero-order valence-electron chi connectivity index (χ0n) is 13.5. The topological polar surface area (TPSA) is 29.9 Å². The number of nitrogens with one attached hydrogen (secondary N) is 1. The number of aryl methyl sites for hydroxylation is 1. The van der Waals surface area contributed by atoms with Crippen molar-refractivity contribution >= 4 is 17.4 Å². The fraction of sp³-hybridized carbons (Fsp3) is 0.211. The second-order valence-corrected chi connectivity index (χ2v) is 6.51. The van der Waals surface area contributed by atoms with Gasteiger partial charge in [0, 0.05) is 17.7 Å². The number of hydrogen-bond acceptors (Lipinski definition) is 2. The lowest BCUT2D eigenvalue weighted by Crippen LogP contribution is -2.06. The minimum atomic E-state index is -0.340. The highest BCUT2D eigenvalue weighted by Gasteiger charge is 2.25. The van der Waals surface area contributed by atoms with Gasteiger partial charge in [-0.1, -0.05) is 23.7 Å². The number of hydrogen-bond donors (Lipinski definition) is 1. The van der Waals surface area contributed by atoms with Crippen LogP contribution < -0.4 is 5.32 Å². The number of anilines is 1. The minimum absolute atomic E-state index is 0.340. The molecule has 0 saturated carbocycles. The number of rotatable bonds is 2. The highest BCUT2D eigenvalue weighted by atomic mass is 35.5. The first kappa shape index (κ1) is 15.2. The van der Waals surface area contributed by atoms with Crippen molar-refractivity contribution in [1.82, 2.24) is 9.78 Å². The van der Waals surface area contributed by atoms with Crippen molar-refractivity contribution in [1.29, 1.82) is 0 Å². The molecule has 0 bridgehead atoms. The molecule has 2 heterocycles. The third kappa shape index (κ3) is 2.29. The summed E-state index contributed by atoms with van der Waals surface area (Å²) in [7, 11) is 0. The fourth-order valence-corrected chi connectivity index (χ4v) is 3.47. The van der Waals surface area contributed by atoms with E-state index in [1.807, 2.05) is 10.7 Å². The van der Waals surface area contributed by atoms with Gasteiger partial charge in [0.05, 0.1) is 16.4 Å². The molecule has 0 spiro atoms. The van der Waals surface area contributed by atoms with E-state index in [4.69, 9.17) is 16.7 Å². The SMILES string of the molecule is Cc1cccc(-n2nc(-c3ccc(F)cc3Cl)c3c2NCC3)c1C. The van der Waals surface area contributed by atoms with Crippen LogP contribution in [0.2, 0.25) is 5.02 Å². The first-order valence-corrected chi connectivity index (χ1v) is 8.32. The van der Waals surface area contributed by atoms with Gasteiger partial charge in [-0.3, -0.25) is 0 Å². The Labute approximate surface area is 145 Å². The zero-order valence-corrected chi connectivity index (χ0v) is 14.3. The van der Waals surface area contributed by atoms with Crippen LogP contribution in [0.3, 0.4) is 0 Å². The van der Waals surface area contributed by atoms with Crippen molar-refractivity contribution in [2.24, 2.45) is 0 Å². The Bertz CT molecular complexity index is 946. The van der Waals surface area contributed by atoms with Gasteiger partial charge in [0.15, 0.2) is 0 Å². The van der Waals surface area contributed by atoms with Gasteiger partial charge in [0.25, 0.3) is 0 Å². The molecule has 5 heteroatoms. The van der Waals surface area contributed by atoms with Gasteiger partial charge in [-0.25, -0.2) is 9.07 Å². The Morgan fingerprint density at radius 3 is 2.83 bits per heavy atom. The van der Waals surface area contributed by atoms with Crippen LogP contribution in [0.1, 0.15) is 16.7 Å². The first-order valence-electron chi connectivity index (χ1n) is 7.94. The average molecular weight is 342 g/mol.